The second-order valence-corrected chi connectivity index (χ2v) is 9.10. The van der Waals surface area contributed by atoms with Crippen LogP contribution in [0.15, 0.2) is 71.5 Å². The summed E-state index contributed by atoms with van der Waals surface area (Å²) in [5.41, 5.74) is -0.680. The number of ether oxygens (including phenoxy) is 1. The number of aromatic nitrogens is 3. The molecule has 2 aromatic carbocycles. The average molecular weight is 560 g/mol. The lowest BCUT2D eigenvalue weighted by Crippen LogP contribution is -2.19. The third kappa shape index (κ3) is 4.87. The molecule has 0 atom stereocenters. The standard InChI is InChI=1S/C27H18Cl2F3N3O3/c1-2-37-18-7-8-21-19(11-18)23(24(36)26-34-13-22(38-26)15-4-3-9-33-12-15)25(27(30,31)32)35(21)14-16-5-6-17(28)10-20(16)29/h3-13H,2,14H2,1H3. The minimum Gasteiger partial charge on any atom is -0.494 e. The van der Waals surface area contributed by atoms with Crippen LogP contribution in [0.25, 0.3) is 22.2 Å². The summed E-state index contributed by atoms with van der Waals surface area (Å²) < 4.78 is 56.2. The highest BCUT2D eigenvalue weighted by Crippen LogP contribution is 2.41. The predicted molar refractivity (Wildman–Crippen MR) is 137 cm³/mol. The van der Waals surface area contributed by atoms with Crippen LogP contribution in [0.1, 0.15) is 34.4 Å². The van der Waals surface area contributed by atoms with E-state index in [2.05, 4.69) is 9.97 Å². The van der Waals surface area contributed by atoms with Gasteiger partial charge < -0.3 is 13.7 Å². The molecule has 0 unspecified atom stereocenters. The summed E-state index contributed by atoms with van der Waals surface area (Å²) in [6.07, 6.45) is -0.589. The first-order chi connectivity index (χ1) is 18.2. The van der Waals surface area contributed by atoms with E-state index in [0.717, 1.165) is 4.57 Å². The Morgan fingerprint density at radius 1 is 1.11 bits per heavy atom. The number of alkyl halides is 3. The third-order valence-corrected chi connectivity index (χ3v) is 6.42. The Morgan fingerprint density at radius 3 is 2.61 bits per heavy atom. The topological polar surface area (TPSA) is 70.2 Å². The van der Waals surface area contributed by atoms with Gasteiger partial charge in [-0.15, -0.1) is 0 Å². The average Bonchev–Trinajstić information content (AvgIpc) is 3.49. The van der Waals surface area contributed by atoms with Crippen LogP contribution in [0.5, 0.6) is 5.75 Å². The van der Waals surface area contributed by atoms with E-state index in [4.69, 9.17) is 32.4 Å². The van der Waals surface area contributed by atoms with Crippen LogP contribution in [0.2, 0.25) is 10.0 Å². The Kier molecular flexibility index (Phi) is 6.90. The van der Waals surface area contributed by atoms with E-state index in [-0.39, 0.29) is 34.8 Å². The summed E-state index contributed by atoms with van der Waals surface area (Å²) in [6.45, 7) is 1.77. The number of fused-ring (bicyclic) bond motifs is 1. The van der Waals surface area contributed by atoms with Crippen LogP contribution in [0.3, 0.4) is 0 Å². The molecule has 0 fully saturated rings. The van der Waals surface area contributed by atoms with Gasteiger partial charge in [-0.1, -0.05) is 29.3 Å². The molecule has 38 heavy (non-hydrogen) atoms. The van der Waals surface area contributed by atoms with Gasteiger partial charge in [0.1, 0.15) is 11.4 Å². The van der Waals surface area contributed by atoms with Gasteiger partial charge in [-0.25, -0.2) is 4.98 Å². The van der Waals surface area contributed by atoms with Crippen molar-refractivity contribution >= 4 is 39.9 Å². The maximum atomic E-state index is 14.7. The van der Waals surface area contributed by atoms with E-state index in [0.29, 0.717) is 21.9 Å². The maximum Gasteiger partial charge on any atom is 0.432 e. The summed E-state index contributed by atoms with van der Waals surface area (Å²) >= 11 is 12.3. The molecule has 0 N–H and O–H groups in total. The van der Waals surface area contributed by atoms with Gasteiger partial charge in [0.15, 0.2) is 5.76 Å². The highest BCUT2D eigenvalue weighted by Gasteiger charge is 2.42. The molecule has 0 saturated carbocycles. The molecule has 11 heteroatoms. The number of pyridine rings is 1. The molecule has 0 spiro atoms. The number of halogens is 5. The lowest BCUT2D eigenvalue weighted by molar-refractivity contribution is -0.143. The molecule has 0 aliphatic carbocycles. The van der Waals surface area contributed by atoms with E-state index in [1.165, 1.54) is 36.7 Å². The first-order valence-corrected chi connectivity index (χ1v) is 12.1. The second kappa shape index (κ2) is 10.2. The molecule has 3 heterocycles. The maximum absolute atomic E-state index is 14.7. The molecular formula is C27H18Cl2F3N3O3. The Balaban J connectivity index is 1.73. The monoisotopic (exact) mass is 559 g/mol. The molecule has 5 aromatic rings. The van der Waals surface area contributed by atoms with Crippen molar-refractivity contribution in [3.05, 3.63) is 99.9 Å². The minimum atomic E-state index is -4.91. The summed E-state index contributed by atoms with van der Waals surface area (Å²) in [5, 5.41) is 0.581. The Bertz CT molecular complexity index is 1650. The van der Waals surface area contributed by atoms with Crippen LogP contribution >= 0.6 is 23.2 Å². The van der Waals surface area contributed by atoms with Gasteiger partial charge in [0.25, 0.3) is 11.7 Å². The van der Waals surface area contributed by atoms with Crippen molar-refractivity contribution in [2.24, 2.45) is 0 Å². The zero-order valence-electron chi connectivity index (χ0n) is 19.7. The van der Waals surface area contributed by atoms with Crippen molar-refractivity contribution in [1.29, 1.82) is 0 Å². The van der Waals surface area contributed by atoms with Gasteiger partial charge in [-0.2, -0.15) is 13.2 Å². The number of carbonyl (C=O) groups is 1. The van der Waals surface area contributed by atoms with Crippen molar-refractivity contribution in [1.82, 2.24) is 14.5 Å². The number of nitrogens with zero attached hydrogens (tertiary/aromatic N) is 3. The Hall–Kier alpha value is -3.82. The predicted octanol–water partition coefficient (Wildman–Crippen LogP) is 7.69. The van der Waals surface area contributed by atoms with Crippen LogP contribution in [-0.2, 0) is 12.7 Å². The molecule has 0 bridgehead atoms. The third-order valence-electron chi connectivity index (χ3n) is 5.83. The molecule has 0 amide bonds. The van der Waals surface area contributed by atoms with E-state index in [1.807, 2.05) is 0 Å². The number of rotatable bonds is 7. The highest BCUT2D eigenvalue weighted by molar-refractivity contribution is 6.35. The van der Waals surface area contributed by atoms with Crippen LogP contribution in [0, 0.1) is 0 Å². The summed E-state index contributed by atoms with van der Waals surface area (Å²) in [4.78, 5) is 21.6. The number of carbonyl (C=O) groups excluding carboxylic acids is 1. The fourth-order valence-electron chi connectivity index (χ4n) is 4.23. The lowest BCUT2D eigenvalue weighted by atomic mass is 10.1. The van der Waals surface area contributed by atoms with E-state index in [9.17, 15) is 18.0 Å². The Morgan fingerprint density at radius 2 is 1.92 bits per heavy atom. The fourth-order valence-corrected chi connectivity index (χ4v) is 4.70. The molecule has 0 saturated heterocycles. The zero-order chi connectivity index (χ0) is 27.0. The normalized spacial score (nSPS) is 11.7. The van der Waals surface area contributed by atoms with E-state index >= 15 is 0 Å². The van der Waals surface area contributed by atoms with Crippen molar-refractivity contribution in [3.8, 4) is 17.1 Å². The molecule has 3 aromatic heterocycles. The number of oxazole rings is 1. The van der Waals surface area contributed by atoms with E-state index < -0.39 is 29.1 Å². The van der Waals surface area contributed by atoms with Crippen molar-refractivity contribution in [2.75, 3.05) is 6.61 Å². The SMILES string of the molecule is CCOc1ccc2c(c1)c(C(=O)c1ncc(-c3cccnc3)o1)c(C(F)(F)F)n2Cc1ccc(Cl)cc1Cl. The van der Waals surface area contributed by atoms with Crippen molar-refractivity contribution < 1.29 is 27.1 Å². The van der Waals surface area contributed by atoms with Gasteiger partial charge in [0.2, 0.25) is 0 Å². The number of benzene rings is 2. The zero-order valence-corrected chi connectivity index (χ0v) is 21.2. The molecular weight excluding hydrogens is 542 g/mol. The molecule has 0 radical (unpaired) electrons. The largest absolute Gasteiger partial charge is 0.494 e. The van der Waals surface area contributed by atoms with Crippen LogP contribution in [-0.4, -0.2) is 26.9 Å². The van der Waals surface area contributed by atoms with Gasteiger partial charge >= 0.3 is 6.18 Å². The fraction of sp³-hybridized carbons (Fsp3) is 0.148. The number of hydrogen-bond donors (Lipinski definition) is 0. The lowest BCUT2D eigenvalue weighted by Gasteiger charge is -2.15. The first-order valence-electron chi connectivity index (χ1n) is 11.4. The molecule has 6 nitrogen and oxygen atoms in total. The molecule has 0 aliphatic rings. The van der Waals surface area contributed by atoms with Gasteiger partial charge in [-0.3, -0.25) is 9.78 Å². The first kappa shape index (κ1) is 25.8. The molecule has 194 valence electrons. The van der Waals surface area contributed by atoms with Crippen LogP contribution in [0.4, 0.5) is 13.2 Å². The summed E-state index contributed by atoms with van der Waals surface area (Å²) in [7, 11) is 0. The summed E-state index contributed by atoms with van der Waals surface area (Å²) in [5.74, 6) is -0.999. The van der Waals surface area contributed by atoms with Crippen molar-refractivity contribution in [2.45, 2.75) is 19.6 Å². The van der Waals surface area contributed by atoms with Gasteiger partial charge in [-0.05, 0) is 55.0 Å². The minimum absolute atomic E-state index is 0.0412. The number of ketones is 1. The quantitative estimate of drug-likeness (QED) is 0.191. The van der Waals surface area contributed by atoms with Gasteiger partial charge in [0.05, 0.1) is 18.4 Å². The summed E-state index contributed by atoms with van der Waals surface area (Å²) in [6, 6.07) is 12.3. The molecule has 5 rings (SSSR count). The smallest absolute Gasteiger partial charge is 0.432 e. The van der Waals surface area contributed by atoms with E-state index in [1.54, 1.807) is 37.4 Å². The Labute approximate surface area is 224 Å². The second-order valence-electron chi connectivity index (χ2n) is 8.26. The number of hydrogen-bond acceptors (Lipinski definition) is 5. The molecule has 0 aliphatic heterocycles. The van der Waals surface area contributed by atoms with Crippen LogP contribution < -0.4 is 4.74 Å². The van der Waals surface area contributed by atoms with Crippen molar-refractivity contribution in [3.63, 3.8) is 0 Å². The highest BCUT2D eigenvalue weighted by atomic mass is 35.5. The van der Waals surface area contributed by atoms with Gasteiger partial charge in [0, 0.05) is 45.5 Å².